The minimum absolute atomic E-state index is 0.0854. The van der Waals surface area contributed by atoms with Crippen LogP contribution in [0.1, 0.15) is 37.3 Å². The predicted molar refractivity (Wildman–Crippen MR) is 111 cm³/mol. The Labute approximate surface area is 168 Å². The summed E-state index contributed by atoms with van der Waals surface area (Å²) in [6, 6.07) is 17.0. The lowest BCUT2D eigenvalue weighted by Crippen LogP contribution is -2.50. The Kier molecular flexibility index (Phi) is 6.52. The molecule has 0 aliphatic carbocycles. The number of nitrogens with zero attached hydrogens (tertiary/aromatic N) is 2. The molecule has 1 aliphatic rings. The predicted octanol–water partition coefficient (Wildman–Crippen LogP) is 3.28. The summed E-state index contributed by atoms with van der Waals surface area (Å²) in [7, 11) is -3.51. The Morgan fingerprint density at radius 1 is 0.929 bits per heavy atom. The van der Waals surface area contributed by atoms with Crippen molar-refractivity contribution >= 4 is 15.9 Å². The molecule has 1 saturated heterocycles. The number of benzene rings is 2. The Bertz CT molecular complexity index is 885. The quantitative estimate of drug-likeness (QED) is 0.748. The van der Waals surface area contributed by atoms with Gasteiger partial charge < -0.3 is 4.90 Å². The molecule has 2 aromatic rings. The maximum atomic E-state index is 12.9. The molecule has 1 amide bonds. The van der Waals surface area contributed by atoms with E-state index in [2.05, 4.69) is 13.8 Å². The molecule has 0 spiro atoms. The van der Waals surface area contributed by atoms with E-state index in [1.54, 1.807) is 17.0 Å². The van der Waals surface area contributed by atoms with Crippen LogP contribution in [0.5, 0.6) is 0 Å². The van der Waals surface area contributed by atoms with Crippen LogP contribution in [0, 0.1) is 0 Å². The van der Waals surface area contributed by atoms with Crippen LogP contribution in [0.3, 0.4) is 0 Å². The maximum Gasteiger partial charge on any atom is 0.243 e. The van der Waals surface area contributed by atoms with Gasteiger partial charge in [-0.15, -0.1) is 0 Å². The van der Waals surface area contributed by atoms with Gasteiger partial charge in [-0.05, 0) is 35.6 Å². The molecule has 1 aliphatic heterocycles. The smallest absolute Gasteiger partial charge is 0.243 e. The number of amides is 1. The molecule has 6 heteroatoms. The van der Waals surface area contributed by atoms with Crippen molar-refractivity contribution in [3.63, 3.8) is 0 Å². The average molecular weight is 401 g/mol. The first-order valence-corrected chi connectivity index (χ1v) is 11.2. The van der Waals surface area contributed by atoms with E-state index >= 15 is 0 Å². The van der Waals surface area contributed by atoms with Gasteiger partial charge in [0.2, 0.25) is 15.9 Å². The molecule has 0 bridgehead atoms. The number of carbonyl (C=O) groups is 1. The van der Waals surface area contributed by atoms with E-state index in [9.17, 15) is 13.2 Å². The second-order valence-corrected chi connectivity index (χ2v) is 9.43. The summed E-state index contributed by atoms with van der Waals surface area (Å²) in [5.74, 6) is 0.449. The molecular weight excluding hydrogens is 372 g/mol. The molecule has 0 saturated carbocycles. The maximum absolute atomic E-state index is 12.9. The lowest BCUT2D eigenvalue weighted by Gasteiger charge is -2.34. The Balaban J connectivity index is 1.55. The first-order chi connectivity index (χ1) is 13.4. The van der Waals surface area contributed by atoms with Gasteiger partial charge in [0.25, 0.3) is 0 Å². The summed E-state index contributed by atoms with van der Waals surface area (Å²) in [5, 5.41) is 0. The van der Waals surface area contributed by atoms with Crippen molar-refractivity contribution in [3.8, 4) is 0 Å². The minimum atomic E-state index is -3.51. The average Bonchev–Trinajstić information content (AvgIpc) is 2.73. The lowest BCUT2D eigenvalue weighted by atomic mass is 10.0. The highest BCUT2D eigenvalue weighted by Crippen LogP contribution is 2.21. The summed E-state index contributed by atoms with van der Waals surface area (Å²) < 4.78 is 27.2. The van der Waals surface area contributed by atoms with Crippen molar-refractivity contribution in [2.75, 3.05) is 26.2 Å². The van der Waals surface area contributed by atoms with Gasteiger partial charge in [0.05, 0.1) is 4.90 Å². The van der Waals surface area contributed by atoms with Crippen LogP contribution in [0.4, 0.5) is 0 Å². The van der Waals surface area contributed by atoms with E-state index in [0.29, 0.717) is 49.8 Å². The molecule has 0 radical (unpaired) electrons. The van der Waals surface area contributed by atoms with Crippen LogP contribution in [-0.4, -0.2) is 49.7 Å². The number of hydrogen-bond acceptors (Lipinski definition) is 3. The van der Waals surface area contributed by atoms with Gasteiger partial charge in [0.15, 0.2) is 0 Å². The van der Waals surface area contributed by atoms with E-state index < -0.39 is 10.0 Å². The number of sulfonamides is 1. The van der Waals surface area contributed by atoms with E-state index in [-0.39, 0.29) is 5.91 Å². The summed E-state index contributed by atoms with van der Waals surface area (Å²) in [5.41, 5.74) is 2.26. The lowest BCUT2D eigenvalue weighted by molar-refractivity contribution is -0.132. The highest BCUT2D eigenvalue weighted by Gasteiger charge is 2.29. The van der Waals surface area contributed by atoms with Gasteiger partial charge in [-0.3, -0.25) is 4.79 Å². The second kappa shape index (κ2) is 8.88. The van der Waals surface area contributed by atoms with Gasteiger partial charge in [-0.25, -0.2) is 8.42 Å². The molecule has 0 atom stereocenters. The fourth-order valence-electron chi connectivity index (χ4n) is 3.41. The largest absolute Gasteiger partial charge is 0.340 e. The number of piperazine rings is 1. The third kappa shape index (κ3) is 4.80. The van der Waals surface area contributed by atoms with Crippen LogP contribution < -0.4 is 0 Å². The molecule has 1 fully saturated rings. The molecule has 0 aromatic heterocycles. The molecule has 1 heterocycles. The third-order valence-corrected chi connectivity index (χ3v) is 7.16. The standard InChI is InChI=1S/C22H28N2O3S/c1-18(2)20-9-11-21(12-10-20)28(26,27)24-16-14-23(15-17-24)22(25)13-8-19-6-4-3-5-7-19/h3-7,9-12,18H,8,13-17H2,1-2H3. The third-order valence-electron chi connectivity index (χ3n) is 5.25. The molecule has 2 aromatic carbocycles. The molecule has 0 unspecified atom stereocenters. The van der Waals surface area contributed by atoms with Crippen molar-refractivity contribution in [2.45, 2.75) is 37.5 Å². The first-order valence-electron chi connectivity index (χ1n) is 9.80. The van der Waals surface area contributed by atoms with Crippen LogP contribution >= 0.6 is 0 Å². The van der Waals surface area contributed by atoms with E-state index in [4.69, 9.17) is 0 Å². The molecule has 28 heavy (non-hydrogen) atoms. The Morgan fingerprint density at radius 2 is 1.54 bits per heavy atom. The second-order valence-electron chi connectivity index (χ2n) is 7.49. The van der Waals surface area contributed by atoms with E-state index in [0.717, 1.165) is 11.1 Å². The number of aryl methyl sites for hydroxylation is 1. The summed E-state index contributed by atoms with van der Waals surface area (Å²) >= 11 is 0. The van der Waals surface area contributed by atoms with Crippen LogP contribution in [0.15, 0.2) is 59.5 Å². The van der Waals surface area contributed by atoms with Crippen LogP contribution in [0.2, 0.25) is 0 Å². The minimum Gasteiger partial charge on any atom is -0.340 e. The van der Waals surface area contributed by atoms with Crippen molar-refractivity contribution in [3.05, 3.63) is 65.7 Å². The summed E-state index contributed by atoms with van der Waals surface area (Å²) in [4.78, 5) is 14.6. The van der Waals surface area contributed by atoms with E-state index in [1.807, 2.05) is 42.5 Å². The fourth-order valence-corrected chi connectivity index (χ4v) is 4.83. The van der Waals surface area contributed by atoms with Crippen molar-refractivity contribution in [2.24, 2.45) is 0 Å². The highest BCUT2D eigenvalue weighted by atomic mass is 32.2. The fraction of sp³-hybridized carbons (Fsp3) is 0.409. The molecular formula is C22H28N2O3S. The van der Waals surface area contributed by atoms with Gasteiger partial charge >= 0.3 is 0 Å². The van der Waals surface area contributed by atoms with Gasteiger partial charge in [-0.1, -0.05) is 56.3 Å². The normalized spacial score (nSPS) is 15.8. The van der Waals surface area contributed by atoms with E-state index in [1.165, 1.54) is 4.31 Å². The zero-order chi connectivity index (χ0) is 20.1. The number of hydrogen-bond donors (Lipinski definition) is 0. The van der Waals surface area contributed by atoms with Gasteiger partial charge in [0.1, 0.15) is 0 Å². The molecule has 150 valence electrons. The molecule has 0 N–H and O–H groups in total. The van der Waals surface area contributed by atoms with Gasteiger partial charge in [-0.2, -0.15) is 4.31 Å². The topological polar surface area (TPSA) is 57.7 Å². The highest BCUT2D eigenvalue weighted by molar-refractivity contribution is 7.89. The number of rotatable bonds is 6. The van der Waals surface area contributed by atoms with Crippen LogP contribution in [-0.2, 0) is 21.2 Å². The SMILES string of the molecule is CC(C)c1ccc(S(=O)(=O)N2CCN(C(=O)CCc3ccccc3)CC2)cc1. The van der Waals surface area contributed by atoms with Crippen LogP contribution in [0.25, 0.3) is 0 Å². The van der Waals surface area contributed by atoms with Gasteiger partial charge in [0, 0.05) is 32.6 Å². The first kappa shape index (κ1) is 20.6. The van der Waals surface area contributed by atoms with Crippen molar-refractivity contribution in [1.29, 1.82) is 0 Å². The Morgan fingerprint density at radius 3 is 2.11 bits per heavy atom. The zero-order valence-corrected chi connectivity index (χ0v) is 17.4. The Hall–Kier alpha value is -2.18. The summed E-state index contributed by atoms with van der Waals surface area (Å²) in [6.45, 7) is 5.72. The van der Waals surface area contributed by atoms with Crippen molar-refractivity contribution < 1.29 is 13.2 Å². The summed E-state index contributed by atoms with van der Waals surface area (Å²) in [6.07, 6.45) is 1.16. The van der Waals surface area contributed by atoms with Crippen molar-refractivity contribution in [1.82, 2.24) is 9.21 Å². The zero-order valence-electron chi connectivity index (χ0n) is 16.5. The monoisotopic (exact) mass is 400 g/mol. The molecule has 5 nitrogen and oxygen atoms in total. The number of carbonyl (C=O) groups excluding carboxylic acids is 1. The molecule has 3 rings (SSSR count).